The van der Waals surface area contributed by atoms with E-state index in [0.29, 0.717) is 31.2 Å². The lowest BCUT2D eigenvalue weighted by Gasteiger charge is -2.46. The maximum atomic E-state index is 12.5. The average molecular weight is 545 g/mol. The number of hydrogen-bond acceptors (Lipinski definition) is 7. The van der Waals surface area contributed by atoms with E-state index in [-0.39, 0.29) is 18.0 Å². The first-order chi connectivity index (χ1) is 19.4. The van der Waals surface area contributed by atoms with E-state index < -0.39 is 0 Å². The number of likely N-dealkylation sites (N-methyl/N-ethyl adjacent to an activating group) is 1. The highest BCUT2D eigenvalue weighted by Gasteiger charge is 2.36. The van der Waals surface area contributed by atoms with Gasteiger partial charge in [0.15, 0.2) is 0 Å². The van der Waals surface area contributed by atoms with Crippen LogP contribution in [0.15, 0.2) is 36.9 Å². The summed E-state index contributed by atoms with van der Waals surface area (Å²) in [6, 6.07) is 10.4. The maximum absolute atomic E-state index is 12.5. The number of aromatic nitrogens is 2. The predicted molar refractivity (Wildman–Crippen MR) is 159 cm³/mol. The summed E-state index contributed by atoms with van der Waals surface area (Å²) >= 11 is 0. The Morgan fingerprint density at radius 3 is 2.70 bits per heavy atom. The van der Waals surface area contributed by atoms with Gasteiger partial charge in [0.25, 0.3) is 0 Å². The monoisotopic (exact) mass is 544 g/mol. The Bertz CT molecular complexity index is 1250. The van der Waals surface area contributed by atoms with Crippen LogP contribution in [0.4, 0.5) is 11.5 Å². The first kappa shape index (κ1) is 27.1. The van der Waals surface area contributed by atoms with E-state index in [2.05, 4.69) is 66.4 Å². The second kappa shape index (κ2) is 11.4. The van der Waals surface area contributed by atoms with Gasteiger partial charge in [-0.3, -0.25) is 4.79 Å². The lowest BCUT2D eigenvalue weighted by molar-refractivity contribution is -0.128. The predicted octanol–water partition coefficient (Wildman–Crippen LogP) is 3.87. The molecule has 0 radical (unpaired) electrons. The summed E-state index contributed by atoms with van der Waals surface area (Å²) in [7, 11) is 2.17. The van der Waals surface area contributed by atoms with Gasteiger partial charge < -0.3 is 24.3 Å². The van der Waals surface area contributed by atoms with Gasteiger partial charge in [0, 0.05) is 61.5 Å². The molecule has 1 aromatic carbocycles. The molecule has 4 atom stereocenters. The number of fused-ring (bicyclic) bond motifs is 2. The summed E-state index contributed by atoms with van der Waals surface area (Å²) in [5.74, 6) is 1.00. The standard InChI is InChI=1S/C32H44N6O2/c1-5-30(39)37-19-23(3)38(20-22(37)2)31-27-15-14-25(36-17-8-11-24-10-6-7-13-29(24)36)18-28(27)33-32(34-31)40-21-26-12-9-16-35(26)4/h5-7,10,13,22-23,25-26H,1,8-9,11-12,14-21H2,2-4H3/t22-,23+,25?,26+/m1/s1. The summed E-state index contributed by atoms with van der Waals surface area (Å²) in [6.45, 7) is 12.2. The van der Waals surface area contributed by atoms with Gasteiger partial charge in [-0.15, -0.1) is 0 Å². The van der Waals surface area contributed by atoms with Crippen molar-refractivity contribution in [1.29, 1.82) is 0 Å². The molecule has 2 saturated heterocycles. The van der Waals surface area contributed by atoms with Gasteiger partial charge in [-0.25, -0.2) is 0 Å². The van der Waals surface area contributed by atoms with E-state index in [1.54, 1.807) is 0 Å². The van der Waals surface area contributed by atoms with Crippen molar-refractivity contribution in [3.63, 3.8) is 0 Å². The molecule has 1 aromatic heterocycles. The number of benzene rings is 1. The van der Waals surface area contributed by atoms with Gasteiger partial charge in [-0.2, -0.15) is 9.97 Å². The van der Waals surface area contributed by atoms with Crippen LogP contribution in [-0.2, 0) is 24.1 Å². The number of piperazine rings is 1. The zero-order valence-corrected chi connectivity index (χ0v) is 24.4. The van der Waals surface area contributed by atoms with Crippen LogP contribution in [0.1, 0.15) is 56.4 Å². The number of para-hydroxylation sites is 1. The highest BCUT2D eigenvalue weighted by atomic mass is 16.5. The minimum atomic E-state index is -0.00178. The summed E-state index contributed by atoms with van der Waals surface area (Å²) < 4.78 is 6.35. The summed E-state index contributed by atoms with van der Waals surface area (Å²) in [6.07, 6.45) is 9.08. The quantitative estimate of drug-likeness (QED) is 0.512. The Morgan fingerprint density at radius 2 is 1.90 bits per heavy atom. The second-order valence-corrected chi connectivity index (χ2v) is 12.2. The number of anilines is 2. The first-order valence-electron chi connectivity index (χ1n) is 15.2. The van der Waals surface area contributed by atoms with E-state index in [9.17, 15) is 4.79 Å². The average Bonchev–Trinajstić information content (AvgIpc) is 3.39. The Labute approximate surface area is 239 Å². The molecule has 1 unspecified atom stereocenters. The van der Waals surface area contributed by atoms with Crippen LogP contribution in [0.2, 0.25) is 0 Å². The van der Waals surface area contributed by atoms with E-state index in [4.69, 9.17) is 14.7 Å². The van der Waals surface area contributed by atoms with Crippen LogP contribution in [0.5, 0.6) is 6.01 Å². The zero-order valence-electron chi connectivity index (χ0n) is 24.4. The van der Waals surface area contributed by atoms with Gasteiger partial charge in [0.1, 0.15) is 12.4 Å². The lowest BCUT2D eigenvalue weighted by Crippen LogP contribution is -2.58. The highest BCUT2D eigenvalue weighted by molar-refractivity contribution is 5.87. The van der Waals surface area contributed by atoms with Crippen molar-refractivity contribution in [2.75, 3.05) is 49.6 Å². The Hall–Kier alpha value is -3.13. The van der Waals surface area contributed by atoms with E-state index in [1.807, 2.05) is 4.90 Å². The van der Waals surface area contributed by atoms with Crippen LogP contribution >= 0.6 is 0 Å². The molecule has 4 aliphatic rings. The van der Waals surface area contributed by atoms with Crippen LogP contribution in [0.3, 0.4) is 0 Å². The minimum absolute atomic E-state index is 0.00178. The summed E-state index contributed by atoms with van der Waals surface area (Å²) in [5, 5.41) is 0. The zero-order chi connectivity index (χ0) is 27.8. The molecule has 40 heavy (non-hydrogen) atoms. The third-order valence-corrected chi connectivity index (χ3v) is 9.59. The number of amides is 1. The molecule has 8 heteroatoms. The highest BCUT2D eigenvalue weighted by Crippen LogP contribution is 2.37. The van der Waals surface area contributed by atoms with Gasteiger partial charge in [0.2, 0.25) is 5.91 Å². The van der Waals surface area contributed by atoms with Gasteiger partial charge >= 0.3 is 6.01 Å². The molecule has 0 saturated carbocycles. The number of aryl methyl sites for hydroxylation is 1. The fourth-order valence-electron chi connectivity index (χ4n) is 7.27. The smallest absolute Gasteiger partial charge is 0.318 e. The molecule has 8 nitrogen and oxygen atoms in total. The van der Waals surface area contributed by atoms with Crippen LogP contribution in [0.25, 0.3) is 0 Å². The molecule has 3 aliphatic heterocycles. The molecule has 0 spiro atoms. The normalized spacial score (nSPS) is 26.8. The molecule has 1 amide bonds. The molecule has 6 rings (SSSR count). The number of rotatable bonds is 6. The third kappa shape index (κ3) is 5.18. The molecular weight excluding hydrogens is 500 g/mol. The van der Waals surface area contributed by atoms with Crippen molar-refractivity contribution in [2.24, 2.45) is 0 Å². The van der Waals surface area contributed by atoms with Crippen LogP contribution in [-0.4, -0.2) is 89.7 Å². The van der Waals surface area contributed by atoms with Crippen molar-refractivity contribution >= 4 is 17.4 Å². The Balaban J connectivity index is 1.30. The molecule has 2 fully saturated rings. The van der Waals surface area contributed by atoms with Gasteiger partial charge in [-0.05, 0) is 83.7 Å². The summed E-state index contributed by atoms with van der Waals surface area (Å²) in [5.41, 5.74) is 5.24. The van der Waals surface area contributed by atoms with E-state index >= 15 is 0 Å². The maximum Gasteiger partial charge on any atom is 0.318 e. The van der Waals surface area contributed by atoms with Crippen molar-refractivity contribution < 1.29 is 9.53 Å². The van der Waals surface area contributed by atoms with Gasteiger partial charge in [-0.1, -0.05) is 24.8 Å². The number of ether oxygens (including phenoxy) is 1. The number of likely N-dealkylation sites (tertiary alicyclic amines) is 1. The molecule has 4 heterocycles. The fraction of sp³-hybridized carbons (Fsp3) is 0.594. The van der Waals surface area contributed by atoms with Crippen molar-refractivity contribution in [3.05, 3.63) is 53.7 Å². The first-order valence-corrected chi connectivity index (χ1v) is 15.2. The van der Waals surface area contributed by atoms with Crippen LogP contribution in [0, 0.1) is 0 Å². The number of nitrogens with zero attached hydrogens (tertiary/aromatic N) is 6. The molecule has 0 bridgehead atoms. The Kier molecular flexibility index (Phi) is 7.71. The largest absolute Gasteiger partial charge is 0.462 e. The van der Waals surface area contributed by atoms with Crippen molar-refractivity contribution in [2.45, 2.75) is 83.0 Å². The molecule has 1 aliphatic carbocycles. The van der Waals surface area contributed by atoms with Crippen molar-refractivity contribution in [1.82, 2.24) is 19.8 Å². The Morgan fingerprint density at radius 1 is 1.05 bits per heavy atom. The SMILES string of the molecule is C=CC(=O)N1C[C@H](C)N(c2nc(OC[C@@H]3CCCN3C)nc3c2CCC(N2CCCc4ccccc42)C3)C[C@H]1C. The third-order valence-electron chi connectivity index (χ3n) is 9.59. The summed E-state index contributed by atoms with van der Waals surface area (Å²) in [4.78, 5) is 32.0. The van der Waals surface area contributed by atoms with E-state index in [1.165, 1.54) is 35.7 Å². The molecule has 214 valence electrons. The lowest BCUT2D eigenvalue weighted by atomic mass is 9.88. The van der Waals surface area contributed by atoms with Crippen LogP contribution < -0.4 is 14.5 Å². The minimum Gasteiger partial charge on any atom is -0.462 e. The second-order valence-electron chi connectivity index (χ2n) is 12.2. The molecular formula is C32H44N6O2. The fourth-order valence-corrected chi connectivity index (χ4v) is 7.27. The topological polar surface area (TPSA) is 65.0 Å². The van der Waals surface area contributed by atoms with Crippen molar-refractivity contribution in [3.8, 4) is 6.01 Å². The number of carbonyl (C=O) groups is 1. The van der Waals surface area contributed by atoms with Gasteiger partial charge in [0.05, 0.1) is 5.69 Å². The van der Waals surface area contributed by atoms with E-state index in [0.717, 1.165) is 63.3 Å². The number of hydrogen-bond donors (Lipinski definition) is 0. The molecule has 0 N–H and O–H groups in total. The number of carbonyl (C=O) groups excluding carboxylic acids is 1. The molecule has 2 aromatic rings.